The lowest BCUT2D eigenvalue weighted by molar-refractivity contribution is -0.132. The van der Waals surface area contributed by atoms with Crippen LogP contribution in [0.3, 0.4) is 0 Å². The SMILES string of the molecule is CCCN(CCC)C(=O)CN1CC2CCC(N)C2C1.Cl. The van der Waals surface area contributed by atoms with Crippen LogP contribution < -0.4 is 5.73 Å². The smallest absolute Gasteiger partial charge is 0.236 e. The second kappa shape index (κ2) is 8.20. The molecule has 1 heterocycles. The molecule has 3 atom stereocenters. The van der Waals surface area contributed by atoms with Gasteiger partial charge in [-0.25, -0.2) is 0 Å². The fourth-order valence-electron chi connectivity index (χ4n) is 3.72. The number of hydrogen-bond donors (Lipinski definition) is 1. The molecular formula is C15H30ClN3O. The van der Waals surface area contributed by atoms with Crippen LogP contribution in [0.15, 0.2) is 0 Å². The predicted molar refractivity (Wildman–Crippen MR) is 85.0 cm³/mol. The summed E-state index contributed by atoms with van der Waals surface area (Å²) >= 11 is 0. The van der Waals surface area contributed by atoms with E-state index < -0.39 is 0 Å². The number of halogens is 1. The molecule has 0 radical (unpaired) electrons. The summed E-state index contributed by atoms with van der Waals surface area (Å²) in [5.41, 5.74) is 6.15. The number of likely N-dealkylation sites (tertiary alicyclic amines) is 1. The van der Waals surface area contributed by atoms with Gasteiger partial charge >= 0.3 is 0 Å². The van der Waals surface area contributed by atoms with E-state index in [0.29, 0.717) is 24.4 Å². The van der Waals surface area contributed by atoms with E-state index in [9.17, 15) is 4.79 Å². The van der Waals surface area contributed by atoms with Crippen molar-refractivity contribution in [3.63, 3.8) is 0 Å². The normalized spacial score (nSPS) is 29.1. The van der Waals surface area contributed by atoms with Gasteiger partial charge in [-0.2, -0.15) is 0 Å². The maximum Gasteiger partial charge on any atom is 0.236 e. The van der Waals surface area contributed by atoms with E-state index in [1.54, 1.807) is 0 Å². The third-order valence-electron chi connectivity index (χ3n) is 4.69. The summed E-state index contributed by atoms with van der Waals surface area (Å²) in [5.74, 6) is 1.68. The van der Waals surface area contributed by atoms with E-state index in [4.69, 9.17) is 5.73 Å². The molecule has 5 heteroatoms. The van der Waals surface area contributed by atoms with E-state index in [-0.39, 0.29) is 12.4 Å². The molecule has 1 aliphatic carbocycles. The largest absolute Gasteiger partial charge is 0.342 e. The molecule has 1 aliphatic heterocycles. The van der Waals surface area contributed by atoms with Crippen LogP contribution in [0.5, 0.6) is 0 Å². The molecule has 0 bridgehead atoms. The molecule has 0 spiro atoms. The topological polar surface area (TPSA) is 49.6 Å². The first-order valence-electron chi connectivity index (χ1n) is 7.91. The Morgan fingerprint density at radius 2 is 1.85 bits per heavy atom. The van der Waals surface area contributed by atoms with Gasteiger partial charge in [0.25, 0.3) is 0 Å². The van der Waals surface area contributed by atoms with Crippen LogP contribution in [-0.2, 0) is 4.79 Å². The summed E-state index contributed by atoms with van der Waals surface area (Å²) in [4.78, 5) is 16.7. The fraction of sp³-hybridized carbons (Fsp3) is 0.933. The van der Waals surface area contributed by atoms with Gasteiger partial charge in [0.05, 0.1) is 6.54 Å². The van der Waals surface area contributed by atoms with Gasteiger partial charge in [0.2, 0.25) is 5.91 Å². The monoisotopic (exact) mass is 303 g/mol. The van der Waals surface area contributed by atoms with Gasteiger partial charge in [-0.05, 0) is 37.5 Å². The number of nitrogens with zero attached hydrogens (tertiary/aromatic N) is 2. The van der Waals surface area contributed by atoms with Gasteiger partial charge in [-0.3, -0.25) is 9.69 Å². The molecule has 1 saturated heterocycles. The molecule has 4 nitrogen and oxygen atoms in total. The molecule has 2 fully saturated rings. The van der Waals surface area contributed by atoms with E-state index in [1.807, 2.05) is 4.90 Å². The van der Waals surface area contributed by atoms with E-state index >= 15 is 0 Å². The fourth-order valence-corrected chi connectivity index (χ4v) is 3.72. The summed E-state index contributed by atoms with van der Waals surface area (Å²) in [6.45, 7) is 8.77. The quantitative estimate of drug-likeness (QED) is 0.813. The molecular weight excluding hydrogens is 274 g/mol. The average molecular weight is 304 g/mol. The van der Waals surface area contributed by atoms with Crippen LogP contribution in [0.2, 0.25) is 0 Å². The molecule has 20 heavy (non-hydrogen) atoms. The zero-order valence-electron chi connectivity index (χ0n) is 12.9. The Morgan fingerprint density at radius 3 is 2.40 bits per heavy atom. The Kier molecular flexibility index (Phi) is 7.27. The summed E-state index contributed by atoms with van der Waals surface area (Å²) in [6.07, 6.45) is 4.52. The van der Waals surface area contributed by atoms with Crippen LogP contribution in [0.1, 0.15) is 39.5 Å². The highest BCUT2D eigenvalue weighted by Crippen LogP contribution is 2.36. The van der Waals surface area contributed by atoms with Crippen molar-refractivity contribution in [2.75, 3.05) is 32.7 Å². The number of nitrogens with two attached hydrogens (primary N) is 1. The van der Waals surface area contributed by atoms with Crippen molar-refractivity contribution in [2.24, 2.45) is 17.6 Å². The van der Waals surface area contributed by atoms with Gasteiger partial charge in [-0.1, -0.05) is 13.8 Å². The van der Waals surface area contributed by atoms with Crippen LogP contribution in [0, 0.1) is 11.8 Å². The molecule has 3 unspecified atom stereocenters. The van der Waals surface area contributed by atoms with Crippen molar-refractivity contribution in [3.8, 4) is 0 Å². The lowest BCUT2D eigenvalue weighted by atomic mass is 9.98. The van der Waals surface area contributed by atoms with Gasteiger partial charge in [0, 0.05) is 32.2 Å². The highest BCUT2D eigenvalue weighted by atomic mass is 35.5. The average Bonchev–Trinajstić information content (AvgIpc) is 2.91. The molecule has 0 aromatic heterocycles. The molecule has 0 aromatic carbocycles. The van der Waals surface area contributed by atoms with Crippen LogP contribution in [-0.4, -0.2) is 54.5 Å². The molecule has 2 rings (SSSR count). The van der Waals surface area contributed by atoms with Gasteiger partial charge in [-0.15, -0.1) is 12.4 Å². The van der Waals surface area contributed by atoms with Crippen molar-refractivity contribution < 1.29 is 4.79 Å². The van der Waals surface area contributed by atoms with Crippen molar-refractivity contribution in [1.82, 2.24) is 9.80 Å². The lowest BCUT2D eigenvalue weighted by Gasteiger charge is -2.25. The molecule has 2 N–H and O–H groups in total. The molecule has 1 saturated carbocycles. The van der Waals surface area contributed by atoms with Crippen LogP contribution in [0.25, 0.3) is 0 Å². The maximum absolute atomic E-state index is 12.3. The summed E-state index contributed by atoms with van der Waals surface area (Å²) in [7, 11) is 0. The number of hydrogen-bond acceptors (Lipinski definition) is 3. The third-order valence-corrected chi connectivity index (χ3v) is 4.69. The summed E-state index contributed by atoms with van der Waals surface area (Å²) in [5, 5.41) is 0. The van der Waals surface area contributed by atoms with E-state index in [1.165, 1.54) is 12.8 Å². The zero-order chi connectivity index (χ0) is 13.8. The number of rotatable bonds is 6. The Morgan fingerprint density at radius 1 is 1.20 bits per heavy atom. The lowest BCUT2D eigenvalue weighted by Crippen LogP contribution is -2.41. The third kappa shape index (κ3) is 4.09. The van der Waals surface area contributed by atoms with Crippen LogP contribution >= 0.6 is 12.4 Å². The van der Waals surface area contributed by atoms with Crippen LogP contribution in [0.4, 0.5) is 0 Å². The molecule has 1 amide bonds. The second-order valence-corrected chi connectivity index (χ2v) is 6.24. The predicted octanol–water partition coefficient (Wildman–Crippen LogP) is 1.73. The van der Waals surface area contributed by atoms with E-state index in [0.717, 1.165) is 44.9 Å². The number of carbonyl (C=O) groups is 1. The zero-order valence-corrected chi connectivity index (χ0v) is 13.7. The minimum atomic E-state index is 0. The first-order valence-corrected chi connectivity index (χ1v) is 7.91. The number of carbonyl (C=O) groups excluding carboxylic acids is 1. The first kappa shape index (κ1) is 17.7. The molecule has 118 valence electrons. The summed E-state index contributed by atoms with van der Waals surface area (Å²) in [6, 6.07) is 0.368. The van der Waals surface area contributed by atoms with Gasteiger partial charge < -0.3 is 10.6 Å². The number of fused-ring (bicyclic) bond motifs is 1. The first-order chi connectivity index (χ1) is 9.15. The molecule has 0 aromatic rings. The Balaban J connectivity index is 0.00000200. The number of amides is 1. The highest BCUT2D eigenvalue weighted by Gasteiger charge is 2.41. The van der Waals surface area contributed by atoms with Crippen molar-refractivity contribution in [3.05, 3.63) is 0 Å². The Hall–Kier alpha value is -0.320. The van der Waals surface area contributed by atoms with Gasteiger partial charge in [0.1, 0.15) is 0 Å². The standard InChI is InChI=1S/C15H29N3O.ClH/c1-3-7-18(8-4-2)15(19)11-17-9-12-5-6-14(16)13(12)10-17;/h12-14H,3-11,16H2,1-2H3;1H. The van der Waals surface area contributed by atoms with Crippen molar-refractivity contribution >= 4 is 18.3 Å². The minimum absolute atomic E-state index is 0. The maximum atomic E-state index is 12.3. The Bertz CT molecular complexity index is 307. The van der Waals surface area contributed by atoms with Gasteiger partial charge in [0.15, 0.2) is 0 Å². The highest BCUT2D eigenvalue weighted by molar-refractivity contribution is 5.85. The summed E-state index contributed by atoms with van der Waals surface area (Å²) < 4.78 is 0. The minimum Gasteiger partial charge on any atom is -0.342 e. The van der Waals surface area contributed by atoms with E-state index in [2.05, 4.69) is 18.7 Å². The molecule has 2 aliphatic rings. The second-order valence-electron chi connectivity index (χ2n) is 6.24. The van der Waals surface area contributed by atoms with Crippen molar-refractivity contribution in [1.29, 1.82) is 0 Å². The van der Waals surface area contributed by atoms with Crippen molar-refractivity contribution in [2.45, 2.75) is 45.6 Å². The Labute approximate surface area is 129 Å².